The van der Waals surface area contributed by atoms with E-state index >= 15 is 0 Å². The second kappa shape index (κ2) is 5.87. The van der Waals surface area contributed by atoms with Crippen LogP contribution in [0.5, 0.6) is 0 Å². The second-order valence-electron chi connectivity index (χ2n) is 3.75. The predicted molar refractivity (Wildman–Crippen MR) is 76.5 cm³/mol. The molecule has 0 saturated heterocycles. The van der Waals surface area contributed by atoms with Crippen LogP contribution in [0.2, 0.25) is 5.02 Å². The zero-order valence-corrected chi connectivity index (χ0v) is 11.8. The molecule has 0 fully saturated rings. The summed E-state index contributed by atoms with van der Waals surface area (Å²) in [5, 5.41) is 7.17. The highest BCUT2D eigenvalue weighted by atomic mass is 35.5. The van der Waals surface area contributed by atoms with Gasteiger partial charge < -0.3 is 5.32 Å². The molecule has 0 spiro atoms. The van der Waals surface area contributed by atoms with Crippen LogP contribution in [0, 0.1) is 19.3 Å². The monoisotopic (exact) mass is 294 g/mol. The fourth-order valence-electron chi connectivity index (χ4n) is 1.49. The highest BCUT2D eigenvalue weighted by molar-refractivity contribution is 7.09. The van der Waals surface area contributed by atoms with Crippen LogP contribution < -0.4 is 10.9 Å². The summed E-state index contributed by atoms with van der Waals surface area (Å²) in [6.07, 6.45) is 6.58. The van der Waals surface area contributed by atoms with E-state index in [2.05, 4.69) is 21.3 Å². The summed E-state index contributed by atoms with van der Waals surface area (Å²) in [5.41, 5.74) is 2.68. The van der Waals surface area contributed by atoms with Crippen LogP contribution in [-0.4, -0.2) is 14.8 Å². The van der Waals surface area contributed by atoms with Crippen LogP contribution in [0.25, 0.3) is 0 Å². The molecule has 5 nitrogen and oxygen atoms in total. The molecule has 2 rings (SSSR count). The predicted octanol–water partition coefficient (Wildman–Crippen LogP) is 1.91. The molecule has 0 amide bonds. The summed E-state index contributed by atoms with van der Waals surface area (Å²) in [7, 11) is 0. The first-order chi connectivity index (χ1) is 9.13. The number of aromatic nitrogens is 3. The molecule has 1 N–H and O–H groups in total. The molecule has 2 heterocycles. The maximum atomic E-state index is 12.1. The highest BCUT2D eigenvalue weighted by Gasteiger charge is 2.10. The molecule has 0 aliphatic heterocycles. The molecular weight excluding hydrogens is 284 g/mol. The molecule has 2 aromatic rings. The van der Waals surface area contributed by atoms with Gasteiger partial charge in [-0.05, 0) is 6.92 Å². The van der Waals surface area contributed by atoms with Gasteiger partial charge in [0.1, 0.15) is 12.2 Å². The van der Waals surface area contributed by atoms with Crippen LogP contribution in [0.4, 0.5) is 5.69 Å². The number of hydrogen-bond donors (Lipinski definition) is 1. The fourth-order valence-corrected chi connectivity index (χ4v) is 2.40. The van der Waals surface area contributed by atoms with Crippen LogP contribution >= 0.6 is 22.9 Å². The molecule has 0 aromatic carbocycles. The Bertz CT molecular complexity index is 686. The van der Waals surface area contributed by atoms with Gasteiger partial charge in [0.25, 0.3) is 5.56 Å². The molecule has 0 aliphatic carbocycles. The number of thiazole rings is 1. The lowest BCUT2D eigenvalue weighted by Crippen LogP contribution is -2.25. The van der Waals surface area contributed by atoms with Crippen LogP contribution in [0.1, 0.15) is 10.6 Å². The Morgan fingerprint density at radius 3 is 3.05 bits per heavy atom. The van der Waals surface area contributed by atoms with Crippen LogP contribution in [-0.2, 0) is 13.1 Å². The fraction of sp³-hybridized carbons (Fsp3) is 0.250. The smallest absolute Gasteiger partial charge is 0.292 e. The Balaban J connectivity index is 2.25. The van der Waals surface area contributed by atoms with Gasteiger partial charge in [0, 0.05) is 4.88 Å². The standard InChI is InChI=1S/C12H11ClN4OS/c1-3-4-17-12(18)11(9(13)5-16-17)14-6-10-8(2)15-7-19-10/h1,5,7,14H,4,6H2,2H3. The van der Waals surface area contributed by atoms with E-state index < -0.39 is 0 Å². The van der Waals surface area contributed by atoms with E-state index in [1.165, 1.54) is 22.2 Å². The normalized spacial score (nSPS) is 10.2. The van der Waals surface area contributed by atoms with Crippen molar-refractivity contribution in [3.05, 3.63) is 37.7 Å². The highest BCUT2D eigenvalue weighted by Crippen LogP contribution is 2.18. The SMILES string of the molecule is C#CCn1ncc(Cl)c(NCc2scnc2C)c1=O. The van der Waals surface area contributed by atoms with E-state index in [1.807, 2.05) is 6.92 Å². The molecule has 0 saturated carbocycles. The van der Waals surface area contributed by atoms with Crippen molar-refractivity contribution < 1.29 is 0 Å². The van der Waals surface area contributed by atoms with Crippen molar-refractivity contribution in [2.75, 3.05) is 5.32 Å². The molecule has 0 bridgehead atoms. The van der Waals surface area contributed by atoms with Gasteiger partial charge in [-0.3, -0.25) is 4.79 Å². The van der Waals surface area contributed by atoms with Crippen LogP contribution in [0.15, 0.2) is 16.5 Å². The Kier molecular flexibility index (Phi) is 4.20. The summed E-state index contributed by atoms with van der Waals surface area (Å²) in [5.74, 6) is 2.37. The van der Waals surface area contributed by atoms with Crippen molar-refractivity contribution in [2.45, 2.75) is 20.0 Å². The summed E-state index contributed by atoms with van der Waals surface area (Å²) in [6, 6.07) is 0. The van der Waals surface area contributed by atoms with Gasteiger partial charge in [0.2, 0.25) is 0 Å². The minimum absolute atomic E-state index is 0.115. The lowest BCUT2D eigenvalue weighted by Gasteiger charge is -2.08. The third-order valence-corrected chi connectivity index (χ3v) is 3.73. The Labute approximate surface area is 119 Å². The van der Waals surface area contributed by atoms with E-state index in [0.717, 1.165) is 10.6 Å². The lowest BCUT2D eigenvalue weighted by molar-refractivity contribution is 0.664. The maximum Gasteiger partial charge on any atom is 0.292 e. The summed E-state index contributed by atoms with van der Waals surface area (Å²) in [4.78, 5) is 17.3. The molecule has 0 unspecified atom stereocenters. The molecule has 19 heavy (non-hydrogen) atoms. The van der Waals surface area contributed by atoms with Gasteiger partial charge in [-0.15, -0.1) is 17.8 Å². The molecule has 0 aliphatic rings. The summed E-state index contributed by atoms with van der Waals surface area (Å²) < 4.78 is 1.19. The second-order valence-corrected chi connectivity index (χ2v) is 5.10. The first kappa shape index (κ1) is 13.6. The first-order valence-electron chi connectivity index (χ1n) is 5.45. The molecule has 98 valence electrons. The summed E-state index contributed by atoms with van der Waals surface area (Å²) >= 11 is 7.50. The third kappa shape index (κ3) is 2.95. The largest absolute Gasteiger partial charge is 0.374 e. The van der Waals surface area contributed by atoms with Crippen molar-refractivity contribution in [3.63, 3.8) is 0 Å². The van der Waals surface area contributed by atoms with Gasteiger partial charge in [0.05, 0.1) is 29.0 Å². The van der Waals surface area contributed by atoms with Crippen molar-refractivity contribution in [1.82, 2.24) is 14.8 Å². The number of aryl methyl sites for hydroxylation is 1. The van der Waals surface area contributed by atoms with E-state index in [-0.39, 0.29) is 17.1 Å². The lowest BCUT2D eigenvalue weighted by atomic mass is 10.3. The maximum absolute atomic E-state index is 12.1. The third-order valence-electron chi connectivity index (χ3n) is 2.51. The van der Waals surface area contributed by atoms with Crippen molar-refractivity contribution in [1.29, 1.82) is 0 Å². The number of rotatable bonds is 4. The Morgan fingerprint density at radius 2 is 2.42 bits per heavy atom. The average molecular weight is 295 g/mol. The van der Waals surface area contributed by atoms with Crippen molar-refractivity contribution in [3.8, 4) is 12.3 Å². The van der Waals surface area contributed by atoms with Gasteiger partial charge in [-0.25, -0.2) is 9.67 Å². The number of terminal acetylenes is 1. The van der Waals surface area contributed by atoms with E-state index in [0.29, 0.717) is 12.2 Å². The Morgan fingerprint density at radius 1 is 1.63 bits per heavy atom. The van der Waals surface area contributed by atoms with Gasteiger partial charge in [-0.2, -0.15) is 5.10 Å². The molecule has 0 radical (unpaired) electrons. The number of nitrogens with one attached hydrogen (secondary N) is 1. The summed E-state index contributed by atoms with van der Waals surface area (Å²) in [6.45, 7) is 2.52. The molecule has 0 atom stereocenters. The molecule has 2 aromatic heterocycles. The van der Waals surface area contributed by atoms with E-state index in [9.17, 15) is 4.79 Å². The zero-order valence-electron chi connectivity index (χ0n) is 10.2. The zero-order chi connectivity index (χ0) is 13.8. The molecule has 7 heteroatoms. The minimum atomic E-state index is -0.326. The van der Waals surface area contributed by atoms with Gasteiger partial charge >= 0.3 is 0 Å². The topological polar surface area (TPSA) is 59.8 Å². The first-order valence-corrected chi connectivity index (χ1v) is 6.71. The minimum Gasteiger partial charge on any atom is -0.374 e. The average Bonchev–Trinajstić information content (AvgIpc) is 2.79. The number of hydrogen-bond acceptors (Lipinski definition) is 5. The van der Waals surface area contributed by atoms with Crippen molar-refractivity contribution in [2.24, 2.45) is 0 Å². The van der Waals surface area contributed by atoms with Crippen molar-refractivity contribution >= 4 is 28.6 Å². The molecular formula is C12H11ClN4OS. The van der Waals surface area contributed by atoms with E-state index in [1.54, 1.807) is 5.51 Å². The number of halogens is 1. The number of anilines is 1. The van der Waals surface area contributed by atoms with Gasteiger partial charge in [0.15, 0.2) is 0 Å². The van der Waals surface area contributed by atoms with Crippen LogP contribution in [0.3, 0.4) is 0 Å². The quantitative estimate of drug-likeness (QED) is 0.875. The number of nitrogens with zero attached hydrogens (tertiary/aromatic N) is 3. The van der Waals surface area contributed by atoms with E-state index in [4.69, 9.17) is 18.0 Å². The van der Waals surface area contributed by atoms with Gasteiger partial charge in [-0.1, -0.05) is 17.5 Å². The Hall–Kier alpha value is -1.84.